The van der Waals surface area contributed by atoms with Crippen molar-refractivity contribution in [3.63, 3.8) is 0 Å². The summed E-state index contributed by atoms with van der Waals surface area (Å²) in [6.07, 6.45) is 0.176. The Labute approximate surface area is 102 Å². The second-order valence-electron chi connectivity index (χ2n) is 4.42. The lowest BCUT2D eigenvalue weighted by Crippen LogP contribution is -2.00. The first-order valence-corrected chi connectivity index (χ1v) is 5.95. The lowest BCUT2D eigenvalue weighted by molar-refractivity contribution is 0.186. The van der Waals surface area contributed by atoms with Gasteiger partial charge in [0.2, 0.25) is 0 Å². The van der Waals surface area contributed by atoms with Gasteiger partial charge in [0.1, 0.15) is 17.6 Å². The quantitative estimate of drug-likeness (QED) is 0.874. The van der Waals surface area contributed by atoms with Crippen molar-refractivity contribution >= 4 is 0 Å². The molecular formula is C15H18O2. The maximum atomic E-state index is 10.3. The number of hydrogen-bond acceptors (Lipinski definition) is 2. The molecular weight excluding hydrogens is 212 g/mol. The molecule has 0 bridgehead atoms. The fraction of sp³-hybridized carbons (Fsp3) is 0.333. The van der Waals surface area contributed by atoms with Gasteiger partial charge in [0, 0.05) is 6.42 Å². The molecule has 2 nitrogen and oxygen atoms in total. The molecule has 0 spiro atoms. The summed E-state index contributed by atoms with van der Waals surface area (Å²) in [5.74, 6) is 1.53. The molecule has 1 N–H and O–H groups in total. The lowest BCUT2D eigenvalue weighted by atomic mass is 10.00. The highest BCUT2D eigenvalue weighted by Crippen LogP contribution is 2.26. The second-order valence-corrected chi connectivity index (χ2v) is 4.42. The molecule has 0 amide bonds. The van der Waals surface area contributed by atoms with E-state index in [1.165, 1.54) is 5.56 Å². The molecule has 1 aromatic heterocycles. The maximum Gasteiger partial charge on any atom is 0.137 e. The molecule has 0 fully saturated rings. The van der Waals surface area contributed by atoms with E-state index in [4.69, 9.17) is 4.42 Å². The van der Waals surface area contributed by atoms with Crippen LogP contribution in [0, 0.1) is 13.8 Å². The van der Waals surface area contributed by atoms with Crippen molar-refractivity contribution in [2.75, 3.05) is 0 Å². The van der Waals surface area contributed by atoms with Crippen LogP contribution in [-0.2, 0) is 6.42 Å². The molecule has 0 aliphatic rings. The Morgan fingerprint density at radius 1 is 1.18 bits per heavy atom. The van der Waals surface area contributed by atoms with Crippen molar-refractivity contribution in [1.29, 1.82) is 0 Å². The van der Waals surface area contributed by atoms with Crippen LogP contribution >= 0.6 is 0 Å². The Morgan fingerprint density at radius 2 is 1.94 bits per heavy atom. The van der Waals surface area contributed by atoms with Crippen LogP contribution in [0.25, 0.3) is 0 Å². The van der Waals surface area contributed by atoms with Crippen molar-refractivity contribution in [3.8, 4) is 0 Å². The van der Waals surface area contributed by atoms with E-state index in [1.807, 2.05) is 45.0 Å². The van der Waals surface area contributed by atoms with Gasteiger partial charge in [-0.2, -0.15) is 0 Å². The van der Waals surface area contributed by atoms with Gasteiger partial charge in [0.05, 0.1) is 0 Å². The average Bonchev–Trinajstić information content (AvgIpc) is 2.76. The average molecular weight is 230 g/mol. The van der Waals surface area contributed by atoms with Gasteiger partial charge in [-0.1, -0.05) is 30.7 Å². The van der Waals surface area contributed by atoms with Crippen LogP contribution in [0.5, 0.6) is 0 Å². The fourth-order valence-electron chi connectivity index (χ4n) is 2.02. The summed E-state index contributed by atoms with van der Waals surface area (Å²) in [6, 6.07) is 9.81. The van der Waals surface area contributed by atoms with Gasteiger partial charge in [-0.25, -0.2) is 0 Å². The summed E-state index contributed by atoms with van der Waals surface area (Å²) in [5, 5.41) is 10.3. The van der Waals surface area contributed by atoms with Gasteiger partial charge >= 0.3 is 0 Å². The Balaban J connectivity index is 2.33. The molecule has 1 atom stereocenters. The zero-order valence-corrected chi connectivity index (χ0v) is 10.5. The molecule has 2 rings (SSSR count). The first-order valence-electron chi connectivity index (χ1n) is 5.95. The SMILES string of the molecule is CCc1ccc(C(O)c2ccc(C)cc2C)o1. The summed E-state index contributed by atoms with van der Waals surface area (Å²) in [4.78, 5) is 0. The fourth-order valence-corrected chi connectivity index (χ4v) is 2.02. The van der Waals surface area contributed by atoms with Gasteiger partial charge in [-0.15, -0.1) is 0 Å². The van der Waals surface area contributed by atoms with Crippen molar-refractivity contribution < 1.29 is 9.52 Å². The Hall–Kier alpha value is -1.54. The zero-order chi connectivity index (χ0) is 12.4. The van der Waals surface area contributed by atoms with Gasteiger partial charge in [-0.05, 0) is 37.1 Å². The normalized spacial score (nSPS) is 12.7. The van der Waals surface area contributed by atoms with Crippen LogP contribution in [0.3, 0.4) is 0 Å². The predicted molar refractivity (Wildman–Crippen MR) is 68.1 cm³/mol. The van der Waals surface area contributed by atoms with E-state index >= 15 is 0 Å². The van der Waals surface area contributed by atoms with Crippen molar-refractivity contribution in [2.45, 2.75) is 33.3 Å². The summed E-state index contributed by atoms with van der Waals surface area (Å²) in [6.45, 7) is 6.09. The van der Waals surface area contributed by atoms with Crippen LogP contribution in [0.4, 0.5) is 0 Å². The third kappa shape index (κ3) is 2.42. The molecule has 1 heterocycles. The highest BCUT2D eigenvalue weighted by atomic mass is 16.4. The number of hydrogen-bond donors (Lipinski definition) is 1. The highest BCUT2D eigenvalue weighted by Gasteiger charge is 2.16. The minimum absolute atomic E-state index is 0.619. The summed E-state index contributed by atoms with van der Waals surface area (Å²) in [5.41, 5.74) is 3.20. The molecule has 1 unspecified atom stereocenters. The maximum absolute atomic E-state index is 10.3. The first kappa shape index (κ1) is 11.9. The standard InChI is InChI=1S/C15H18O2/c1-4-12-6-8-14(17-12)15(16)13-7-5-10(2)9-11(13)3/h5-9,15-16H,4H2,1-3H3. The minimum atomic E-state index is -0.670. The van der Waals surface area contributed by atoms with Crippen LogP contribution in [-0.4, -0.2) is 5.11 Å². The van der Waals surface area contributed by atoms with Gasteiger partial charge in [-0.3, -0.25) is 0 Å². The van der Waals surface area contributed by atoms with E-state index in [-0.39, 0.29) is 0 Å². The van der Waals surface area contributed by atoms with Crippen LogP contribution in [0.1, 0.15) is 41.2 Å². The van der Waals surface area contributed by atoms with Gasteiger partial charge < -0.3 is 9.52 Å². The van der Waals surface area contributed by atoms with E-state index < -0.39 is 6.10 Å². The number of aliphatic hydroxyl groups is 1. The molecule has 0 aliphatic carbocycles. The molecule has 17 heavy (non-hydrogen) atoms. The van der Waals surface area contributed by atoms with Gasteiger partial charge in [0.25, 0.3) is 0 Å². The monoisotopic (exact) mass is 230 g/mol. The molecule has 90 valence electrons. The topological polar surface area (TPSA) is 33.4 Å². The second kappa shape index (κ2) is 4.76. The molecule has 2 aromatic rings. The number of furan rings is 1. The largest absolute Gasteiger partial charge is 0.463 e. The Kier molecular flexibility index (Phi) is 3.34. The third-order valence-corrected chi connectivity index (χ3v) is 3.02. The predicted octanol–water partition coefficient (Wildman–Crippen LogP) is 3.54. The van der Waals surface area contributed by atoms with Crippen molar-refractivity contribution in [2.24, 2.45) is 0 Å². The van der Waals surface area contributed by atoms with E-state index in [2.05, 4.69) is 6.07 Å². The lowest BCUT2D eigenvalue weighted by Gasteiger charge is -2.12. The molecule has 0 saturated carbocycles. The van der Waals surface area contributed by atoms with E-state index in [9.17, 15) is 5.11 Å². The van der Waals surface area contributed by atoms with Gasteiger partial charge in [0.15, 0.2) is 0 Å². The number of aliphatic hydroxyl groups excluding tert-OH is 1. The smallest absolute Gasteiger partial charge is 0.137 e. The first-order chi connectivity index (χ1) is 8.11. The highest BCUT2D eigenvalue weighted by molar-refractivity contribution is 5.35. The molecule has 0 radical (unpaired) electrons. The van der Waals surface area contributed by atoms with Crippen molar-refractivity contribution in [3.05, 3.63) is 58.5 Å². The molecule has 2 heteroatoms. The molecule has 0 saturated heterocycles. The van der Waals surface area contributed by atoms with Crippen molar-refractivity contribution in [1.82, 2.24) is 0 Å². The van der Waals surface area contributed by atoms with E-state index in [0.29, 0.717) is 5.76 Å². The van der Waals surface area contributed by atoms with Crippen LogP contribution in [0.15, 0.2) is 34.7 Å². The Bertz CT molecular complexity index is 511. The summed E-state index contributed by atoms with van der Waals surface area (Å²) >= 11 is 0. The van der Waals surface area contributed by atoms with E-state index in [0.717, 1.165) is 23.3 Å². The van der Waals surface area contributed by atoms with Crippen LogP contribution < -0.4 is 0 Å². The summed E-state index contributed by atoms with van der Waals surface area (Å²) in [7, 11) is 0. The number of rotatable bonds is 3. The number of benzene rings is 1. The third-order valence-electron chi connectivity index (χ3n) is 3.02. The number of aryl methyl sites for hydroxylation is 3. The summed E-state index contributed by atoms with van der Waals surface area (Å²) < 4.78 is 5.58. The minimum Gasteiger partial charge on any atom is -0.463 e. The van der Waals surface area contributed by atoms with E-state index in [1.54, 1.807) is 0 Å². The van der Waals surface area contributed by atoms with Crippen LogP contribution in [0.2, 0.25) is 0 Å². The molecule has 1 aromatic carbocycles. The Morgan fingerprint density at radius 3 is 2.53 bits per heavy atom. The molecule has 0 aliphatic heterocycles. The zero-order valence-electron chi connectivity index (χ0n) is 10.5.